The summed E-state index contributed by atoms with van der Waals surface area (Å²) in [6.45, 7) is 0. The third kappa shape index (κ3) is 0.619. The first-order valence-corrected chi connectivity index (χ1v) is 4.89. The van der Waals surface area contributed by atoms with Crippen LogP contribution in [0.3, 0.4) is 0 Å². The summed E-state index contributed by atoms with van der Waals surface area (Å²) in [5, 5.41) is 8.80. The van der Waals surface area contributed by atoms with Gasteiger partial charge in [0, 0.05) is 18.9 Å². The van der Waals surface area contributed by atoms with Gasteiger partial charge in [-0.1, -0.05) is 6.42 Å². The highest BCUT2D eigenvalue weighted by atomic mass is 16.6. The van der Waals surface area contributed by atoms with E-state index in [1.54, 1.807) is 7.11 Å². The zero-order valence-corrected chi connectivity index (χ0v) is 7.75. The molecule has 1 saturated heterocycles. The SMILES string of the molecule is COC1CC2(OC2C#N)C12CCC2. The largest absolute Gasteiger partial charge is 0.381 e. The number of methoxy groups -OCH3 is 1. The van der Waals surface area contributed by atoms with Crippen LogP contribution >= 0.6 is 0 Å². The number of hydrogen-bond acceptors (Lipinski definition) is 3. The van der Waals surface area contributed by atoms with Gasteiger partial charge in [0.2, 0.25) is 0 Å². The Bertz CT molecular complexity index is 292. The van der Waals surface area contributed by atoms with Crippen molar-refractivity contribution in [2.75, 3.05) is 7.11 Å². The van der Waals surface area contributed by atoms with Crippen molar-refractivity contribution in [2.24, 2.45) is 5.41 Å². The molecule has 2 saturated carbocycles. The minimum atomic E-state index is -0.140. The summed E-state index contributed by atoms with van der Waals surface area (Å²) >= 11 is 0. The molecular weight excluding hydrogens is 166 g/mol. The van der Waals surface area contributed by atoms with E-state index in [1.807, 2.05) is 0 Å². The summed E-state index contributed by atoms with van der Waals surface area (Å²) < 4.78 is 11.0. The van der Waals surface area contributed by atoms with Gasteiger partial charge in [0.05, 0.1) is 12.2 Å². The van der Waals surface area contributed by atoms with Gasteiger partial charge in [-0.2, -0.15) is 5.26 Å². The Balaban J connectivity index is 1.85. The average molecular weight is 179 g/mol. The molecule has 0 bridgehead atoms. The van der Waals surface area contributed by atoms with E-state index in [9.17, 15) is 0 Å². The summed E-state index contributed by atoms with van der Waals surface area (Å²) in [6.07, 6.45) is 4.77. The molecule has 0 aromatic carbocycles. The van der Waals surface area contributed by atoms with Crippen molar-refractivity contribution in [1.29, 1.82) is 5.26 Å². The smallest absolute Gasteiger partial charge is 0.174 e. The Morgan fingerprint density at radius 1 is 1.54 bits per heavy atom. The molecule has 13 heavy (non-hydrogen) atoms. The van der Waals surface area contributed by atoms with Crippen LogP contribution in [0.25, 0.3) is 0 Å². The molecule has 0 aromatic rings. The van der Waals surface area contributed by atoms with E-state index >= 15 is 0 Å². The molecule has 3 nitrogen and oxygen atoms in total. The van der Waals surface area contributed by atoms with Gasteiger partial charge in [-0.15, -0.1) is 0 Å². The molecule has 0 amide bonds. The quantitative estimate of drug-likeness (QED) is 0.569. The summed E-state index contributed by atoms with van der Waals surface area (Å²) in [4.78, 5) is 0. The first kappa shape index (κ1) is 7.78. The van der Waals surface area contributed by atoms with Crippen LogP contribution in [-0.2, 0) is 9.47 Å². The van der Waals surface area contributed by atoms with Crippen molar-refractivity contribution in [3.8, 4) is 6.07 Å². The van der Waals surface area contributed by atoms with Crippen molar-refractivity contribution in [3.05, 3.63) is 0 Å². The lowest BCUT2D eigenvalue weighted by atomic mass is 9.46. The minimum absolute atomic E-state index is 0.0827. The molecule has 3 fully saturated rings. The highest BCUT2D eigenvalue weighted by molar-refractivity contribution is 5.32. The van der Waals surface area contributed by atoms with E-state index in [-0.39, 0.29) is 17.1 Å². The van der Waals surface area contributed by atoms with Crippen LogP contribution in [0, 0.1) is 16.7 Å². The molecule has 1 heterocycles. The second-order valence-electron chi connectivity index (χ2n) is 4.45. The first-order chi connectivity index (χ1) is 6.29. The summed E-state index contributed by atoms with van der Waals surface area (Å²) in [7, 11) is 1.77. The lowest BCUT2D eigenvalue weighted by molar-refractivity contribution is -0.195. The molecule has 3 atom stereocenters. The molecule has 3 rings (SSSR count). The van der Waals surface area contributed by atoms with Gasteiger partial charge in [0.15, 0.2) is 6.10 Å². The monoisotopic (exact) mass is 179 g/mol. The summed E-state index contributed by atoms with van der Waals surface area (Å²) in [6, 6.07) is 2.22. The number of nitrogens with zero attached hydrogens (tertiary/aromatic N) is 1. The predicted octanol–water partition coefficient (Wildman–Crippen LogP) is 1.24. The van der Waals surface area contributed by atoms with Gasteiger partial charge in [0.1, 0.15) is 5.60 Å². The Hall–Kier alpha value is -0.590. The van der Waals surface area contributed by atoms with Gasteiger partial charge in [-0.25, -0.2) is 0 Å². The van der Waals surface area contributed by atoms with Crippen molar-refractivity contribution in [2.45, 2.75) is 43.5 Å². The van der Waals surface area contributed by atoms with Crippen LogP contribution in [0.15, 0.2) is 0 Å². The molecule has 70 valence electrons. The van der Waals surface area contributed by atoms with E-state index < -0.39 is 0 Å². The van der Waals surface area contributed by atoms with Crippen molar-refractivity contribution < 1.29 is 9.47 Å². The number of epoxide rings is 1. The highest BCUT2D eigenvalue weighted by Crippen LogP contribution is 2.72. The summed E-state index contributed by atoms with van der Waals surface area (Å²) in [5.74, 6) is 0. The maximum Gasteiger partial charge on any atom is 0.174 e. The molecule has 3 aliphatic rings. The maximum atomic E-state index is 8.80. The minimum Gasteiger partial charge on any atom is -0.381 e. The molecular formula is C10H13NO2. The van der Waals surface area contributed by atoms with Crippen LogP contribution in [0.2, 0.25) is 0 Å². The highest BCUT2D eigenvalue weighted by Gasteiger charge is 2.80. The van der Waals surface area contributed by atoms with Gasteiger partial charge in [-0.05, 0) is 12.8 Å². The zero-order valence-electron chi connectivity index (χ0n) is 7.75. The van der Waals surface area contributed by atoms with Crippen LogP contribution in [-0.4, -0.2) is 24.9 Å². The second-order valence-corrected chi connectivity index (χ2v) is 4.45. The zero-order chi connectivity index (χ0) is 9.10. The fourth-order valence-electron chi connectivity index (χ4n) is 3.27. The van der Waals surface area contributed by atoms with Gasteiger partial charge < -0.3 is 9.47 Å². The van der Waals surface area contributed by atoms with Crippen LogP contribution in [0.1, 0.15) is 25.7 Å². The van der Waals surface area contributed by atoms with E-state index in [4.69, 9.17) is 14.7 Å². The molecule has 1 aliphatic heterocycles. The molecule has 2 aliphatic carbocycles. The van der Waals surface area contributed by atoms with Gasteiger partial charge in [-0.3, -0.25) is 0 Å². The molecule has 3 heteroatoms. The topological polar surface area (TPSA) is 45.5 Å². The molecule has 3 unspecified atom stereocenters. The number of fused-ring (bicyclic) bond motifs is 1. The lowest BCUT2D eigenvalue weighted by Gasteiger charge is -2.59. The second kappa shape index (κ2) is 2.08. The van der Waals surface area contributed by atoms with E-state index in [1.165, 1.54) is 19.3 Å². The van der Waals surface area contributed by atoms with Crippen LogP contribution in [0.4, 0.5) is 0 Å². The fourth-order valence-corrected chi connectivity index (χ4v) is 3.27. The third-order valence-electron chi connectivity index (χ3n) is 4.29. The van der Waals surface area contributed by atoms with E-state index in [0.717, 1.165) is 6.42 Å². The van der Waals surface area contributed by atoms with Gasteiger partial charge in [0.25, 0.3) is 0 Å². The lowest BCUT2D eigenvalue weighted by Crippen LogP contribution is -2.65. The average Bonchev–Trinajstić information content (AvgIpc) is 2.73. The summed E-state index contributed by atoms with van der Waals surface area (Å²) in [5.41, 5.74) is 0.142. The Labute approximate surface area is 77.6 Å². The predicted molar refractivity (Wildman–Crippen MR) is 44.9 cm³/mol. The molecule has 0 radical (unpaired) electrons. The fraction of sp³-hybridized carbons (Fsp3) is 0.900. The molecule has 0 N–H and O–H groups in total. The van der Waals surface area contributed by atoms with Crippen LogP contribution < -0.4 is 0 Å². The van der Waals surface area contributed by atoms with Crippen molar-refractivity contribution in [3.63, 3.8) is 0 Å². The van der Waals surface area contributed by atoms with Crippen molar-refractivity contribution >= 4 is 0 Å². The van der Waals surface area contributed by atoms with Crippen LogP contribution in [0.5, 0.6) is 0 Å². The first-order valence-electron chi connectivity index (χ1n) is 4.89. The number of hydrogen-bond donors (Lipinski definition) is 0. The van der Waals surface area contributed by atoms with Crippen molar-refractivity contribution in [1.82, 2.24) is 0 Å². The molecule has 2 spiro atoms. The molecule has 0 aromatic heterocycles. The Morgan fingerprint density at radius 2 is 2.31 bits per heavy atom. The Morgan fingerprint density at radius 3 is 2.69 bits per heavy atom. The Kier molecular flexibility index (Phi) is 1.24. The number of nitriles is 1. The maximum absolute atomic E-state index is 8.80. The van der Waals surface area contributed by atoms with Gasteiger partial charge >= 0.3 is 0 Å². The third-order valence-corrected chi connectivity index (χ3v) is 4.29. The van der Waals surface area contributed by atoms with E-state index in [2.05, 4.69) is 6.07 Å². The normalized spacial score (nSPS) is 49.5. The standard InChI is InChI=1S/C10H13NO2/c1-12-7-5-10(8(6-11)13-10)9(7)3-2-4-9/h7-8H,2-5H2,1H3. The number of ether oxygens (including phenoxy) is 2. The van der Waals surface area contributed by atoms with E-state index in [0.29, 0.717) is 6.10 Å². The number of rotatable bonds is 1.